The molecule has 0 amide bonds. The molecule has 1 heterocycles. The normalized spacial score (nSPS) is 27.6. The molecule has 98 valence electrons. The van der Waals surface area contributed by atoms with Gasteiger partial charge >= 0.3 is 0 Å². The molecule has 0 unspecified atom stereocenters. The molecule has 1 aliphatic heterocycles. The number of hydrogen-bond acceptors (Lipinski definition) is 3. The van der Waals surface area contributed by atoms with Crippen molar-refractivity contribution in [1.82, 2.24) is 4.90 Å². The largest absolute Gasteiger partial charge is 0.508 e. The second-order valence-corrected chi connectivity index (χ2v) is 6.53. The maximum atomic E-state index is 9.99. The smallest absolute Gasteiger partial charge is 0.119 e. The molecule has 0 bridgehead atoms. The molecule has 3 heteroatoms. The van der Waals surface area contributed by atoms with E-state index >= 15 is 0 Å². The van der Waals surface area contributed by atoms with Gasteiger partial charge < -0.3 is 5.11 Å². The number of phenolic OH excluding ortho intramolecular Hbond substituents is 1. The van der Waals surface area contributed by atoms with E-state index in [1.165, 1.54) is 42.8 Å². The Morgan fingerprint density at radius 1 is 1.44 bits per heavy atom. The van der Waals surface area contributed by atoms with E-state index in [9.17, 15) is 5.11 Å². The fourth-order valence-electron chi connectivity index (χ4n) is 3.38. The van der Waals surface area contributed by atoms with Crippen LogP contribution < -0.4 is 0 Å². The Kier molecular flexibility index (Phi) is 3.53. The zero-order chi connectivity index (χ0) is 12.5. The monoisotopic (exact) mass is 263 g/mol. The number of phenols is 1. The number of rotatable bonds is 2. The molecule has 18 heavy (non-hydrogen) atoms. The van der Waals surface area contributed by atoms with Crippen LogP contribution in [-0.2, 0) is 6.42 Å². The van der Waals surface area contributed by atoms with E-state index in [1.807, 2.05) is 12.1 Å². The third-order valence-electron chi connectivity index (χ3n) is 4.19. The van der Waals surface area contributed by atoms with Crippen molar-refractivity contribution in [3.05, 3.63) is 29.3 Å². The average molecular weight is 263 g/mol. The summed E-state index contributed by atoms with van der Waals surface area (Å²) in [6, 6.07) is 6.72. The highest BCUT2D eigenvalue weighted by atomic mass is 32.2. The zero-order valence-corrected chi connectivity index (χ0v) is 11.7. The summed E-state index contributed by atoms with van der Waals surface area (Å²) in [7, 11) is 0. The number of hydrogen-bond donors (Lipinski definition) is 1. The van der Waals surface area contributed by atoms with Crippen molar-refractivity contribution in [2.45, 2.75) is 37.5 Å². The summed E-state index contributed by atoms with van der Waals surface area (Å²) in [4.78, 5) is 2.66. The summed E-state index contributed by atoms with van der Waals surface area (Å²) in [5.41, 5.74) is 2.58. The van der Waals surface area contributed by atoms with Gasteiger partial charge in [-0.1, -0.05) is 19.1 Å². The SMILES string of the molecule is CCCN1CCS[C@@H]2c3cccc(O)c3CC[C@H]21. The standard InChI is InChI=1S/C15H21NOS/c1-2-8-16-9-10-18-15-12-4-3-5-14(17)11(12)6-7-13(15)16/h3-5,13,15,17H,2,6-10H2,1H3/t13-,15-/m1/s1. The summed E-state index contributed by atoms with van der Waals surface area (Å²) >= 11 is 2.08. The van der Waals surface area contributed by atoms with Crippen LogP contribution in [-0.4, -0.2) is 34.9 Å². The lowest BCUT2D eigenvalue weighted by Crippen LogP contribution is -2.46. The molecule has 1 aromatic carbocycles. The second-order valence-electron chi connectivity index (χ2n) is 5.28. The van der Waals surface area contributed by atoms with Crippen LogP contribution in [0.1, 0.15) is 36.1 Å². The Balaban J connectivity index is 1.92. The lowest BCUT2D eigenvalue weighted by atomic mass is 9.86. The van der Waals surface area contributed by atoms with E-state index < -0.39 is 0 Å². The minimum atomic E-state index is 0.499. The first-order chi connectivity index (χ1) is 8.81. The highest BCUT2D eigenvalue weighted by Crippen LogP contribution is 2.46. The molecule has 1 N–H and O–H groups in total. The van der Waals surface area contributed by atoms with Gasteiger partial charge in [-0.05, 0) is 43.0 Å². The van der Waals surface area contributed by atoms with Gasteiger partial charge in [-0.2, -0.15) is 11.8 Å². The summed E-state index contributed by atoms with van der Waals surface area (Å²) in [6.07, 6.45) is 3.47. The average Bonchev–Trinajstić information content (AvgIpc) is 2.40. The first kappa shape index (κ1) is 12.4. The molecule has 2 aliphatic rings. The molecule has 3 rings (SSSR count). The Hall–Kier alpha value is -0.670. The third-order valence-corrected chi connectivity index (χ3v) is 5.53. The van der Waals surface area contributed by atoms with Crippen molar-refractivity contribution < 1.29 is 5.11 Å². The van der Waals surface area contributed by atoms with Crippen molar-refractivity contribution in [2.75, 3.05) is 18.8 Å². The first-order valence-electron chi connectivity index (χ1n) is 6.97. The summed E-state index contributed by atoms with van der Waals surface area (Å²) in [6.45, 7) is 4.71. The lowest BCUT2D eigenvalue weighted by Gasteiger charge is -2.44. The predicted molar refractivity (Wildman–Crippen MR) is 77.3 cm³/mol. The molecule has 1 aromatic rings. The maximum absolute atomic E-state index is 9.99. The molecule has 0 saturated carbocycles. The topological polar surface area (TPSA) is 23.5 Å². The van der Waals surface area contributed by atoms with Crippen LogP contribution in [0.3, 0.4) is 0 Å². The van der Waals surface area contributed by atoms with Crippen molar-refractivity contribution in [1.29, 1.82) is 0 Å². The fourth-order valence-corrected chi connectivity index (χ4v) is 4.91. The van der Waals surface area contributed by atoms with Crippen LogP contribution in [0.25, 0.3) is 0 Å². The molecule has 0 spiro atoms. The molecule has 2 nitrogen and oxygen atoms in total. The van der Waals surface area contributed by atoms with Crippen LogP contribution in [0, 0.1) is 0 Å². The summed E-state index contributed by atoms with van der Waals surface area (Å²) in [5.74, 6) is 1.72. The molecular formula is C15H21NOS. The second kappa shape index (κ2) is 5.14. The Labute approximate surface area is 113 Å². The number of benzene rings is 1. The van der Waals surface area contributed by atoms with Crippen molar-refractivity contribution >= 4 is 11.8 Å². The molecule has 0 aromatic heterocycles. The minimum Gasteiger partial charge on any atom is -0.508 e. The molecule has 2 atom stereocenters. The van der Waals surface area contributed by atoms with Gasteiger partial charge in [0.15, 0.2) is 0 Å². The van der Waals surface area contributed by atoms with Gasteiger partial charge in [0.05, 0.1) is 0 Å². The highest BCUT2D eigenvalue weighted by molar-refractivity contribution is 7.99. The van der Waals surface area contributed by atoms with Gasteiger partial charge in [-0.15, -0.1) is 0 Å². The summed E-state index contributed by atoms with van der Waals surface area (Å²) in [5, 5.41) is 10.6. The van der Waals surface area contributed by atoms with Gasteiger partial charge in [0, 0.05) is 23.6 Å². The van der Waals surface area contributed by atoms with E-state index in [0.29, 0.717) is 17.0 Å². The summed E-state index contributed by atoms with van der Waals surface area (Å²) < 4.78 is 0. The maximum Gasteiger partial charge on any atom is 0.119 e. The van der Waals surface area contributed by atoms with Gasteiger partial charge in [-0.3, -0.25) is 4.90 Å². The van der Waals surface area contributed by atoms with Crippen molar-refractivity contribution in [3.63, 3.8) is 0 Å². The van der Waals surface area contributed by atoms with Gasteiger partial charge in [-0.25, -0.2) is 0 Å². The van der Waals surface area contributed by atoms with Crippen LogP contribution in [0.2, 0.25) is 0 Å². The molecule has 0 radical (unpaired) electrons. The number of thioether (sulfide) groups is 1. The Morgan fingerprint density at radius 3 is 3.17 bits per heavy atom. The van der Waals surface area contributed by atoms with Crippen LogP contribution >= 0.6 is 11.8 Å². The number of fused-ring (bicyclic) bond motifs is 3. The third kappa shape index (κ3) is 2.04. The van der Waals surface area contributed by atoms with Gasteiger partial charge in [0.1, 0.15) is 5.75 Å². The van der Waals surface area contributed by atoms with Crippen LogP contribution in [0.5, 0.6) is 5.75 Å². The zero-order valence-electron chi connectivity index (χ0n) is 10.9. The molecule has 1 aliphatic carbocycles. The van der Waals surface area contributed by atoms with Crippen molar-refractivity contribution in [3.8, 4) is 5.75 Å². The van der Waals surface area contributed by atoms with E-state index in [2.05, 4.69) is 29.7 Å². The van der Waals surface area contributed by atoms with E-state index in [-0.39, 0.29) is 0 Å². The Bertz CT molecular complexity index is 433. The highest BCUT2D eigenvalue weighted by Gasteiger charge is 2.37. The molecular weight excluding hydrogens is 242 g/mol. The fraction of sp³-hybridized carbons (Fsp3) is 0.600. The van der Waals surface area contributed by atoms with Gasteiger partial charge in [0.2, 0.25) is 0 Å². The number of aromatic hydroxyl groups is 1. The van der Waals surface area contributed by atoms with Crippen LogP contribution in [0.15, 0.2) is 18.2 Å². The lowest BCUT2D eigenvalue weighted by molar-refractivity contribution is 0.179. The van der Waals surface area contributed by atoms with E-state index in [1.54, 1.807) is 0 Å². The minimum absolute atomic E-state index is 0.499. The van der Waals surface area contributed by atoms with Crippen molar-refractivity contribution in [2.24, 2.45) is 0 Å². The first-order valence-corrected chi connectivity index (χ1v) is 8.02. The molecule has 1 fully saturated rings. The quantitative estimate of drug-likeness (QED) is 0.886. The molecule has 1 saturated heterocycles. The van der Waals surface area contributed by atoms with E-state index in [0.717, 1.165) is 6.42 Å². The Morgan fingerprint density at radius 2 is 2.33 bits per heavy atom. The predicted octanol–water partition coefficient (Wildman–Crippen LogP) is 3.21. The van der Waals surface area contributed by atoms with Gasteiger partial charge in [0.25, 0.3) is 0 Å². The van der Waals surface area contributed by atoms with E-state index in [4.69, 9.17) is 0 Å². The number of nitrogens with zero attached hydrogens (tertiary/aromatic N) is 1. The van der Waals surface area contributed by atoms with Crippen LogP contribution in [0.4, 0.5) is 0 Å².